The molecule has 0 unspecified atom stereocenters. The Labute approximate surface area is 99.5 Å². The zero-order valence-corrected chi connectivity index (χ0v) is 9.55. The van der Waals surface area contributed by atoms with E-state index in [1.165, 1.54) is 6.08 Å². The van der Waals surface area contributed by atoms with Crippen LogP contribution < -0.4 is 10.5 Å². The van der Waals surface area contributed by atoms with Gasteiger partial charge in [0.2, 0.25) is 0 Å². The molecule has 5 heteroatoms. The van der Waals surface area contributed by atoms with Gasteiger partial charge in [-0.25, -0.2) is 4.79 Å². The van der Waals surface area contributed by atoms with Gasteiger partial charge < -0.3 is 20.3 Å². The van der Waals surface area contributed by atoms with Crippen molar-refractivity contribution in [2.45, 2.75) is 0 Å². The number of aliphatic carboxylic acids is 1. The zero-order chi connectivity index (χ0) is 12.7. The summed E-state index contributed by atoms with van der Waals surface area (Å²) >= 11 is 0. The van der Waals surface area contributed by atoms with E-state index >= 15 is 0 Å². The van der Waals surface area contributed by atoms with Gasteiger partial charge in [-0.1, -0.05) is 0 Å². The minimum absolute atomic E-state index is 0.445. The van der Waals surface area contributed by atoms with Crippen molar-refractivity contribution < 1.29 is 19.4 Å². The molecule has 0 radical (unpaired) electrons. The first-order valence-corrected chi connectivity index (χ1v) is 5.05. The van der Waals surface area contributed by atoms with Gasteiger partial charge in [0.1, 0.15) is 12.4 Å². The molecule has 17 heavy (non-hydrogen) atoms. The Bertz CT molecular complexity index is 415. The molecule has 0 aliphatic rings. The standard InChI is InChI=1S/C12H15NO4/c1-16-6-7-17-10-4-2-9(11(13)8-10)3-5-12(14)15/h2-5,8H,6-7,13H2,1H3,(H,14,15)/b5-3+. The van der Waals surface area contributed by atoms with E-state index in [0.717, 1.165) is 6.08 Å². The Kier molecular flexibility index (Phi) is 5.03. The van der Waals surface area contributed by atoms with E-state index in [1.807, 2.05) is 0 Å². The Balaban J connectivity index is 2.69. The SMILES string of the molecule is COCCOc1ccc(/C=C/C(=O)O)c(N)c1. The van der Waals surface area contributed by atoms with E-state index in [0.29, 0.717) is 30.2 Å². The number of carboxylic acids is 1. The summed E-state index contributed by atoms with van der Waals surface area (Å²) in [7, 11) is 1.59. The van der Waals surface area contributed by atoms with E-state index in [-0.39, 0.29) is 0 Å². The lowest BCUT2D eigenvalue weighted by atomic mass is 10.1. The molecule has 0 aliphatic carbocycles. The maximum Gasteiger partial charge on any atom is 0.328 e. The molecule has 0 heterocycles. The molecular weight excluding hydrogens is 222 g/mol. The second-order valence-electron chi connectivity index (χ2n) is 3.30. The van der Waals surface area contributed by atoms with Crippen LogP contribution in [0.15, 0.2) is 24.3 Å². The molecule has 1 rings (SSSR count). The lowest BCUT2D eigenvalue weighted by Crippen LogP contribution is -2.04. The maximum atomic E-state index is 10.4. The molecule has 0 saturated heterocycles. The van der Waals surface area contributed by atoms with E-state index in [2.05, 4.69) is 0 Å². The third-order valence-corrected chi connectivity index (χ3v) is 2.02. The zero-order valence-electron chi connectivity index (χ0n) is 9.55. The van der Waals surface area contributed by atoms with Crippen molar-refractivity contribution in [3.05, 3.63) is 29.8 Å². The normalized spacial score (nSPS) is 10.6. The molecule has 0 fully saturated rings. The average molecular weight is 237 g/mol. The van der Waals surface area contributed by atoms with Crippen LogP contribution in [-0.2, 0) is 9.53 Å². The molecule has 0 atom stereocenters. The molecule has 3 N–H and O–H groups in total. The van der Waals surface area contributed by atoms with Gasteiger partial charge in [0.25, 0.3) is 0 Å². The number of nitrogens with two attached hydrogens (primary N) is 1. The molecule has 0 bridgehead atoms. The number of anilines is 1. The Hall–Kier alpha value is -2.01. The summed E-state index contributed by atoms with van der Waals surface area (Å²) in [5.41, 5.74) is 6.87. The van der Waals surface area contributed by atoms with Crippen molar-refractivity contribution in [3.8, 4) is 5.75 Å². The highest BCUT2D eigenvalue weighted by Crippen LogP contribution is 2.21. The van der Waals surface area contributed by atoms with Crippen LogP contribution in [0, 0.1) is 0 Å². The molecule has 0 aromatic heterocycles. The number of rotatable bonds is 6. The van der Waals surface area contributed by atoms with E-state index < -0.39 is 5.97 Å². The first-order valence-electron chi connectivity index (χ1n) is 5.05. The second-order valence-corrected chi connectivity index (χ2v) is 3.30. The molecule has 0 spiro atoms. The smallest absolute Gasteiger partial charge is 0.328 e. The summed E-state index contributed by atoms with van der Waals surface area (Å²) in [6.45, 7) is 0.945. The summed E-state index contributed by atoms with van der Waals surface area (Å²) in [6.07, 6.45) is 2.48. The van der Waals surface area contributed by atoms with Crippen LogP contribution in [-0.4, -0.2) is 31.4 Å². The molecule has 0 saturated carbocycles. The van der Waals surface area contributed by atoms with Crippen molar-refractivity contribution in [2.75, 3.05) is 26.1 Å². The fourth-order valence-corrected chi connectivity index (χ4v) is 1.20. The summed E-state index contributed by atoms with van der Waals surface area (Å²) in [5.74, 6) is -0.378. The van der Waals surface area contributed by atoms with Crippen LogP contribution in [0.1, 0.15) is 5.56 Å². The highest BCUT2D eigenvalue weighted by atomic mass is 16.5. The summed E-state index contributed by atoms with van der Waals surface area (Å²) < 4.78 is 10.2. The van der Waals surface area contributed by atoms with Crippen molar-refractivity contribution in [1.29, 1.82) is 0 Å². The predicted molar refractivity (Wildman–Crippen MR) is 64.9 cm³/mol. The lowest BCUT2D eigenvalue weighted by molar-refractivity contribution is -0.131. The Morgan fingerprint density at radius 2 is 2.24 bits per heavy atom. The van der Waals surface area contributed by atoms with Crippen molar-refractivity contribution in [1.82, 2.24) is 0 Å². The van der Waals surface area contributed by atoms with Crippen LogP contribution in [0.5, 0.6) is 5.75 Å². The number of methoxy groups -OCH3 is 1. The Morgan fingerprint density at radius 3 is 2.82 bits per heavy atom. The van der Waals surface area contributed by atoms with Gasteiger partial charge in [-0.2, -0.15) is 0 Å². The highest BCUT2D eigenvalue weighted by molar-refractivity contribution is 5.86. The quantitative estimate of drug-likeness (QED) is 0.444. The number of benzene rings is 1. The van der Waals surface area contributed by atoms with Gasteiger partial charge in [0, 0.05) is 24.9 Å². The maximum absolute atomic E-state index is 10.4. The fourth-order valence-electron chi connectivity index (χ4n) is 1.20. The average Bonchev–Trinajstić information content (AvgIpc) is 2.28. The second kappa shape index (κ2) is 6.55. The van der Waals surface area contributed by atoms with E-state index in [1.54, 1.807) is 25.3 Å². The van der Waals surface area contributed by atoms with Crippen LogP contribution in [0.2, 0.25) is 0 Å². The van der Waals surface area contributed by atoms with Crippen LogP contribution in [0.4, 0.5) is 5.69 Å². The molecule has 1 aromatic rings. The van der Waals surface area contributed by atoms with E-state index in [9.17, 15) is 4.79 Å². The van der Waals surface area contributed by atoms with Gasteiger partial charge in [0.05, 0.1) is 6.61 Å². The van der Waals surface area contributed by atoms with Gasteiger partial charge in [-0.05, 0) is 23.8 Å². The van der Waals surface area contributed by atoms with Crippen molar-refractivity contribution in [2.24, 2.45) is 0 Å². The molecule has 0 aliphatic heterocycles. The first-order chi connectivity index (χ1) is 8.13. The number of nitrogen functional groups attached to an aromatic ring is 1. The van der Waals surface area contributed by atoms with E-state index in [4.69, 9.17) is 20.3 Å². The number of hydrogen-bond donors (Lipinski definition) is 2. The van der Waals surface area contributed by atoms with Crippen LogP contribution in [0.3, 0.4) is 0 Å². The summed E-state index contributed by atoms with van der Waals surface area (Å²) in [6, 6.07) is 5.08. The molecule has 0 amide bonds. The molecular formula is C12H15NO4. The minimum Gasteiger partial charge on any atom is -0.491 e. The molecule has 92 valence electrons. The fraction of sp³-hybridized carbons (Fsp3) is 0.250. The predicted octanol–water partition coefficient (Wildman–Crippen LogP) is 1.39. The van der Waals surface area contributed by atoms with Crippen molar-refractivity contribution >= 4 is 17.7 Å². The van der Waals surface area contributed by atoms with Crippen LogP contribution in [0.25, 0.3) is 6.08 Å². The Morgan fingerprint density at radius 1 is 1.47 bits per heavy atom. The molecule has 1 aromatic carbocycles. The van der Waals surface area contributed by atoms with Crippen molar-refractivity contribution in [3.63, 3.8) is 0 Å². The number of carbonyl (C=O) groups is 1. The number of ether oxygens (including phenoxy) is 2. The van der Waals surface area contributed by atoms with Gasteiger partial charge in [-0.3, -0.25) is 0 Å². The van der Waals surface area contributed by atoms with Gasteiger partial charge in [-0.15, -0.1) is 0 Å². The van der Waals surface area contributed by atoms with Gasteiger partial charge >= 0.3 is 5.97 Å². The lowest BCUT2D eigenvalue weighted by Gasteiger charge is -2.07. The number of hydrogen-bond acceptors (Lipinski definition) is 4. The summed E-state index contributed by atoms with van der Waals surface area (Å²) in [4.78, 5) is 10.4. The highest BCUT2D eigenvalue weighted by Gasteiger charge is 1.99. The largest absolute Gasteiger partial charge is 0.491 e. The monoisotopic (exact) mass is 237 g/mol. The number of carboxylic acid groups (broad SMARTS) is 1. The van der Waals surface area contributed by atoms with Gasteiger partial charge in [0.15, 0.2) is 0 Å². The topological polar surface area (TPSA) is 81.8 Å². The first kappa shape index (κ1) is 13.1. The summed E-state index contributed by atoms with van der Waals surface area (Å²) in [5, 5.41) is 8.50. The minimum atomic E-state index is -1.01. The third-order valence-electron chi connectivity index (χ3n) is 2.02. The molecule has 5 nitrogen and oxygen atoms in total. The third kappa shape index (κ3) is 4.56. The van der Waals surface area contributed by atoms with Crippen LogP contribution >= 0.6 is 0 Å².